The number of carbonyl (C=O) groups is 1. The van der Waals surface area contributed by atoms with E-state index in [-0.39, 0.29) is 11.3 Å². The number of fused-ring (bicyclic) bond motifs is 1. The third-order valence-electron chi connectivity index (χ3n) is 3.37. The monoisotopic (exact) mass is 290 g/mol. The second-order valence-electron chi connectivity index (χ2n) is 4.75. The molecule has 2 N–H and O–H groups in total. The summed E-state index contributed by atoms with van der Waals surface area (Å²) in [6, 6.07) is 13.4. The third kappa shape index (κ3) is 2.23. The lowest BCUT2D eigenvalue weighted by Crippen LogP contribution is -1.96. The van der Waals surface area contributed by atoms with Crippen LogP contribution < -0.4 is 0 Å². The molecule has 22 heavy (non-hydrogen) atoms. The van der Waals surface area contributed by atoms with Gasteiger partial charge in [-0.1, -0.05) is 12.1 Å². The van der Waals surface area contributed by atoms with Crippen LogP contribution in [0.25, 0.3) is 22.0 Å². The van der Waals surface area contributed by atoms with Crippen molar-refractivity contribution in [1.29, 1.82) is 5.26 Å². The summed E-state index contributed by atoms with van der Waals surface area (Å²) < 4.78 is 0. The van der Waals surface area contributed by atoms with Gasteiger partial charge in [0.05, 0.1) is 17.1 Å². The highest BCUT2D eigenvalue weighted by molar-refractivity contribution is 5.97. The number of pyridine rings is 1. The van der Waals surface area contributed by atoms with Gasteiger partial charge in [0.1, 0.15) is 11.3 Å². The van der Waals surface area contributed by atoms with Gasteiger partial charge in [0, 0.05) is 17.1 Å². The number of nitriles is 1. The van der Waals surface area contributed by atoms with Crippen molar-refractivity contribution in [2.45, 2.75) is 0 Å². The summed E-state index contributed by atoms with van der Waals surface area (Å²) in [4.78, 5) is 15.3. The van der Waals surface area contributed by atoms with Gasteiger partial charge in [0.15, 0.2) is 0 Å². The van der Waals surface area contributed by atoms with E-state index in [1.54, 1.807) is 30.5 Å². The topological polar surface area (TPSA) is 94.2 Å². The molecule has 0 fully saturated rings. The Bertz CT molecular complexity index is 942. The van der Waals surface area contributed by atoms with Gasteiger partial charge in [-0.25, -0.2) is 4.79 Å². The van der Waals surface area contributed by atoms with Crippen molar-refractivity contribution in [2.24, 2.45) is 0 Å². The van der Waals surface area contributed by atoms with Gasteiger partial charge in [-0.2, -0.15) is 5.26 Å². The first-order chi connectivity index (χ1) is 10.6. The number of carboxylic acids is 1. The summed E-state index contributed by atoms with van der Waals surface area (Å²) in [5.74, 6) is -1.52. The summed E-state index contributed by atoms with van der Waals surface area (Å²) in [6.45, 7) is 0. The molecule has 0 aliphatic heterocycles. The molecule has 0 spiro atoms. The van der Waals surface area contributed by atoms with Crippen molar-refractivity contribution >= 4 is 16.9 Å². The number of nitrogens with zero attached hydrogens (tertiary/aromatic N) is 2. The highest BCUT2D eigenvalue weighted by atomic mass is 16.4. The highest BCUT2D eigenvalue weighted by Gasteiger charge is 2.13. The van der Waals surface area contributed by atoms with Crippen LogP contribution in [-0.4, -0.2) is 21.2 Å². The first-order valence-corrected chi connectivity index (χ1v) is 6.45. The van der Waals surface area contributed by atoms with E-state index in [0.29, 0.717) is 22.2 Å². The van der Waals surface area contributed by atoms with E-state index in [9.17, 15) is 9.90 Å². The maximum atomic E-state index is 11.0. The molecule has 3 rings (SSSR count). The van der Waals surface area contributed by atoms with Gasteiger partial charge in [0.25, 0.3) is 0 Å². The van der Waals surface area contributed by atoms with Crippen molar-refractivity contribution < 1.29 is 15.0 Å². The molecular weight excluding hydrogens is 280 g/mol. The minimum Gasteiger partial charge on any atom is -0.507 e. The van der Waals surface area contributed by atoms with E-state index < -0.39 is 5.97 Å². The van der Waals surface area contributed by atoms with Crippen LogP contribution in [-0.2, 0) is 0 Å². The molecule has 0 unspecified atom stereocenters. The molecule has 0 atom stereocenters. The minimum absolute atomic E-state index is 0.169. The Morgan fingerprint density at radius 1 is 1.18 bits per heavy atom. The third-order valence-corrected chi connectivity index (χ3v) is 3.37. The van der Waals surface area contributed by atoms with Crippen LogP contribution in [0.2, 0.25) is 0 Å². The number of aromatic nitrogens is 1. The van der Waals surface area contributed by atoms with E-state index in [1.807, 2.05) is 6.07 Å². The standard InChI is InChI=1S/C17H10N2O3/c18-9-10-6-12-2-1-5-19-16(12)14(7-10)11-3-4-13(17(21)22)15(20)8-11/h1-8,20H,(H,21,22). The summed E-state index contributed by atoms with van der Waals surface area (Å²) in [5, 5.41) is 28.8. The quantitative estimate of drug-likeness (QED) is 0.756. The first-order valence-electron chi connectivity index (χ1n) is 6.45. The summed E-state index contributed by atoms with van der Waals surface area (Å²) in [7, 11) is 0. The van der Waals surface area contributed by atoms with E-state index in [0.717, 1.165) is 5.39 Å². The van der Waals surface area contributed by atoms with Crippen molar-refractivity contribution in [3.8, 4) is 22.9 Å². The smallest absolute Gasteiger partial charge is 0.339 e. The average molecular weight is 290 g/mol. The molecule has 0 bridgehead atoms. The number of rotatable bonds is 2. The van der Waals surface area contributed by atoms with Crippen LogP contribution in [0.3, 0.4) is 0 Å². The van der Waals surface area contributed by atoms with Crippen LogP contribution in [0, 0.1) is 11.3 Å². The van der Waals surface area contributed by atoms with Gasteiger partial charge < -0.3 is 10.2 Å². The summed E-state index contributed by atoms with van der Waals surface area (Å²) >= 11 is 0. The molecule has 0 aliphatic carbocycles. The van der Waals surface area contributed by atoms with Gasteiger partial charge in [-0.3, -0.25) is 4.98 Å². The van der Waals surface area contributed by atoms with Gasteiger partial charge >= 0.3 is 5.97 Å². The normalized spacial score (nSPS) is 10.3. The molecule has 2 aromatic carbocycles. The number of benzene rings is 2. The first kappa shape index (κ1) is 13.6. The Morgan fingerprint density at radius 2 is 2.00 bits per heavy atom. The molecule has 1 heterocycles. The maximum absolute atomic E-state index is 11.0. The Balaban J connectivity index is 2.28. The van der Waals surface area contributed by atoms with Crippen LogP contribution >= 0.6 is 0 Å². The summed E-state index contributed by atoms with van der Waals surface area (Å²) in [5.41, 5.74) is 2.25. The van der Waals surface area contributed by atoms with Gasteiger partial charge in [-0.15, -0.1) is 0 Å². The number of hydrogen-bond donors (Lipinski definition) is 2. The van der Waals surface area contributed by atoms with Crippen LogP contribution in [0.4, 0.5) is 0 Å². The number of aromatic hydroxyl groups is 1. The molecule has 106 valence electrons. The fourth-order valence-electron chi connectivity index (χ4n) is 2.36. The highest BCUT2D eigenvalue weighted by Crippen LogP contribution is 2.32. The maximum Gasteiger partial charge on any atom is 0.339 e. The van der Waals surface area contributed by atoms with Crippen molar-refractivity contribution in [3.63, 3.8) is 0 Å². The summed E-state index contributed by atoms with van der Waals surface area (Å²) in [6.07, 6.45) is 1.64. The van der Waals surface area contributed by atoms with E-state index in [1.165, 1.54) is 12.1 Å². The molecule has 0 amide bonds. The van der Waals surface area contributed by atoms with Crippen LogP contribution in [0.1, 0.15) is 15.9 Å². The van der Waals surface area contributed by atoms with Gasteiger partial charge in [0.2, 0.25) is 0 Å². The second kappa shape index (κ2) is 5.19. The van der Waals surface area contributed by atoms with Crippen molar-refractivity contribution in [2.75, 3.05) is 0 Å². The molecule has 5 heteroatoms. The largest absolute Gasteiger partial charge is 0.507 e. The average Bonchev–Trinajstić information content (AvgIpc) is 2.53. The minimum atomic E-state index is -1.20. The molecular formula is C17H10N2O3. The number of aromatic carboxylic acids is 1. The molecule has 0 saturated heterocycles. The molecule has 0 aliphatic rings. The predicted molar refractivity (Wildman–Crippen MR) is 80.5 cm³/mol. The molecule has 3 aromatic rings. The van der Waals surface area contributed by atoms with Crippen LogP contribution in [0.5, 0.6) is 5.75 Å². The zero-order valence-corrected chi connectivity index (χ0v) is 11.3. The Labute approximate surface area is 125 Å². The second-order valence-corrected chi connectivity index (χ2v) is 4.75. The number of hydrogen-bond acceptors (Lipinski definition) is 4. The molecule has 0 saturated carbocycles. The van der Waals surface area contributed by atoms with E-state index >= 15 is 0 Å². The Kier molecular flexibility index (Phi) is 3.20. The SMILES string of the molecule is N#Cc1cc(-c2ccc(C(=O)O)c(O)c2)c2ncccc2c1. The fourth-order valence-corrected chi connectivity index (χ4v) is 2.36. The molecule has 0 radical (unpaired) electrons. The Morgan fingerprint density at radius 3 is 2.68 bits per heavy atom. The number of carboxylic acid groups (broad SMARTS) is 1. The van der Waals surface area contributed by atoms with E-state index in [2.05, 4.69) is 11.1 Å². The van der Waals surface area contributed by atoms with Crippen molar-refractivity contribution in [1.82, 2.24) is 4.98 Å². The lowest BCUT2D eigenvalue weighted by molar-refractivity contribution is 0.0694. The van der Waals surface area contributed by atoms with Crippen molar-refractivity contribution in [3.05, 3.63) is 59.8 Å². The lowest BCUT2D eigenvalue weighted by atomic mass is 9.98. The van der Waals surface area contributed by atoms with Gasteiger partial charge in [-0.05, 0) is 35.9 Å². The Hall–Kier alpha value is -3.39. The zero-order chi connectivity index (χ0) is 15.7. The lowest BCUT2D eigenvalue weighted by Gasteiger charge is -2.08. The predicted octanol–water partition coefficient (Wildman–Crippen LogP) is 3.18. The molecule has 5 nitrogen and oxygen atoms in total. The fraction of sp³-hybridized carbons (Fsp3) is 0. The van der Waals surface area contributed by atoms with E-state index in [4.69, 9.17) is 10.4 Å². The number of phenols is 1. The van der Waals surface area contributed by atoms with Crippen LogP contribution in [0.15, 0.2) is 48.7 Å². The zero-order valence-electron chi connectivity index (χ0n) is 11.3. The molecule has 1 aromatic heterocycles.